The second-order valence-electron chi connectivity index (χ2n) is 7.65. The molecule has 1 heterocycles. The number of ether oxygens (including phenoxy) is 1. The molecule has 0 aliphatic carbocycles. The fourth-order valence-corrected chi connectivity index (χ4v) is 4.98. The second-order valence-corrected chi connectivity index (χ2v) is 9.36. The molecule has 4 atom stereocenters. The van der Waals surface area contributed by atoms with Gasteiger partial charge in [0.1, 0.15) is 5.82 Å². The molecule has 1 aliphatic rings. The molecule has 168 valence electrons. The number of carbonyl (C=O) groups excluding carboxylic acids is 1. The summed E-state index contributed by atoms with van der Waals surface area (Å²) in [5, 5.41) is 12.6. The van der Waals surface area contributed by atoms with Crippen LogP contribution in [-0.2, 0) is 19.6 Å². The molecular weight excluding hydrogens is 423 g/mol. The summed E-state index contributed by atoms with van der Waals surface area (Å²) in [4.78, 5) is 12.2. The molecule has 1 saturated heterocycles. The lowest BCUT2D eigenvalue weighted by atomic mass is 9.97. The lowest BCUT2D eigenvalue weighted by molar-refractivity contribution is -0.131. The van der Waals surface area contributed by atoms with Crippen molar-refractivity contribution in [3.8, 4) is 0 Å². The van der Waals surface area contributed by atoms with Gasteiger partial charge in [-0.05, 0) is 43.5 Å². The van der Waals surface area contributed by atoms with Crippen molar-refractivity contribution in [2.24, 2.45) is 0 Å². The third kappa shape index (κ3) is 6.33. The number of sulfonamides is 1. The molecular formula is C22H27FN2O5S. The average molecular weight is 451 g/mol. The van der Waals surface area contributed by atoms with Crippen LogP contribution in [0.3, 0.4) is 0 Å². The number of halogens is 1. The number of aliphatic hydroxyl groups is 1. The Bertz CT molecular complexity index is 986. The zero-order chi connectivity index (χ0) is 22.4. The van der Waals surface area contributed by atoms with E-state index in [9.17, 15) is 22.7 Å². The van der Waals surface area contributed by atoms with E-state index in [2.05, 4.69) is 10.0 Å². The summed E-state index contributed by atoms with van der Waals surface area (Å²) in [6, 6.07) is 13.4. The number of aliphatic hydroxyl groups excluding tert-OH is 1. The van der Waals surface area contributed by atoms with Crippen molar-refractivity contribution in [3.63, 3.8) is 0 Å². The molecule has 0 bridgehead atoms. The molecule has 2 aromatic carbocycles. The minimum Gasteiger partial charge on any atom is -0.394 e. The first kappa shape index (κ1) is 23.3. The highest BCUT2D eigenvalue weighted by molar-refractivity contribution is 7.89. The zero-order valence-corrected chi connectivity index (χ0v) is 18.0. The molecule has 1 fully saturated rings. The van der Waals surface area contributed by atoms with Crippen molar-refractivity contribution in [2.45, 2.75) is 55.4 Å². The summed E-state index contributed by atoms with van der Waals surface area (Å²) in [5.74, 6) is -0.839. The molecule has 0 radical (unpaired) electrons. The van der Waals surface area contributed by atoms with Gasteiger partial charge in [0.25, 0.3) is 0 Å². The summed E-state index contributed by atoms with van der Waals surface area (Å²) in [7, 11) is -3.97. The maximum atomic E-state index is 13.4. The van der Waals surface area contributed by atoms with Gasteiger partial charge in [0.2, 0.25) is 15.9 Å². The maximum Gasteiger partial charge on any atom is 0.241 e. The summed E-state index contributed by atoms with van der Waals surface area (Å²) in [6.45, 7) is 1.48. The SMILES string of the molecule is C[C@H](NC(=O)C[C@H]1CC[C@@H](NS(=O)(=O)c2cccc(F)c2)[C@@H](CO)O1)c1ccccc1. The van der Waals surface area contributed by atoms with Gasteiger partial charge in [0.15, 0.2) is 0 Å². The largest absolute Gasteiger partial charge is 0.394 e. The molecule has 3 N–H and O–H groups in total. The highest BCUT2D eigenvalue weighted by Gasteiger charge is 2.35. The molecule has 0 saturated carbocycles. The number of hydrogen-bond acceptors (Lipinski definition) is 5. The minimum atomic E-state index is -3.97. The molecule has 3 rings (SSSR count). The van der Waals surface area contributed by atoms with Gasteiger partial charge in [-0.1, -0.05) is 36.4 Å². The molecule has 0 aromatic heterocycles. The average Bonchev–Trinajstić information content (AvgIpc) is 2.75. The monoisotopic (exact) mass is 450 g/mol. The minimum absolute atomic E-state index is 0.108. The van der Waals surface area contributed by atoms with Gasteiger partial charge in [0.05, 0.1) is 42.2 Å². The summed E-state index contributed by atoms with van der Waals surface area (Å²) in [5.41, 5.74) is 0.987. The Labute approximate surface area is 181 Å². The van der Waals surface area contributed by atoms with E-state index in [-0.39, 0.29) is 23.3 Å². The quantitative estimate of drug-likeness (QED) is 0.572. The predicted octanol–water partition coefficient (Wildman–Crippen LogP) is 2.28. The molecule has 1 aliphatic heterocycles. The van der Waals surface area contributed by atoms with Crippen LogP contribution in [0.4, 0.5) is 4.39 Å². The van der Waals surface area contributed by atoms with Crippen LogP contribution >= 0.6 is 0 Å². The van der Waals surface area contributed by atoms with E-state index in [0.717, 1.165) is 17.7 Å². The van der Waals surface area contributed by atoms with Crippen LogP contribution in [-0.4, -0.2) is 44.3 Å². The first-order valence-electron chi connectivity index (χ1n) is 10.2. The number of rotatable bonds is 8. The first-order valence-corrected chi connectivity index (χ1v) is 11.7. The Morgan fingerprint density at radius 1 is 1.19 bits per heavy atom. The van der Waals surface area contributed by atoms with Crippen LogP contribution in [0.5, 0.6) is 0 Å². The molecule has 9 heteroatoms. The Hall–Kier alpha value is -2.33. The molecule has 31 heavy (non-hydrogen) atoms. The molecule has 0 spiro atoms. The summed E-state index contributed by atoms with van der Waals surface area (Å²) >= 11 is 0. The summed E-state index contributed by atoms with van der Waals surface area (Å²) in [6.07, 6.45) is -0.306. The van der Waals surface area contributed by atoms with Crippen molar-refractivity contribution in [3.05, 3.63) is 66.0 Å². The zero-order valence-electron chi connectivity index (χ0n) is 17.2. The predicted molar refractivity (Wildman–Crippen MR) is 113 cm³/mol. The van der Waals surface area contributed by atoms with E-state index in [4.69, 9.17) is 4.74 Å². The van der Waals surface area contributed by atoms with Crippen LogP contribution in [0.1, 0.15) is 37.8 Å². The van der Waals surface area contributed by atoms with Crippen molar-refractivity contribution in [1.82, 2.24) is 10.0 Å². The number of amides is 1. The van der Waals surface area contributed by atoms with Gasteiger partial charge in [0, 0.05) is 0 Å². The van der Waals surface area contributed by atoms with Gasteiger partial charge in [-0.2, -0.15) is 0 Å². The van der Waals surface area contributed by atoms with E-state index in [1.165, 1.54) is 12.1 Å². The lowest BCUT2D eigenvalue weighted by Crippen LogP contribution is -2.51. The Balaban J connectivity index is 1.56. The van der Waals surface area contributed by atoms with Gasteiger partial charge in [-0.25, -0.2) is 17.5 Å². The van der Waals surface area contributed by atoms with E-state index < -0.39 is 40.7 Å². The topological polar surface area (TPSA) is 105 Å². The number of benzene rings is 2. The fraction of sp³-hybridized carbons (Fsp3) is 0.409. The van der Waals surface area contributed by atoms with Crippen LogP contribution < -0.4 is 10.0 Å². The molecule has 2 aromatic rings. The van der Waals surface area contributed by atoms with Gasteiger partial charge in [-0.15, -0.1) is 0 Å². The van der Waals surface area contributed by atoms with Crippen LogP contribution in [0.15, 0.2) is 59.5 Å². The lowest BCUT2D eigenvalue weighted by Gasteiger charge is -2.35. The first-order chi connectivity index (χ1) is 14.8. The third-order valence-corrected chi connectivity index (χ3v) is 6.79. The fourth-order valence-electron chi connectivity index (χ4n) is 3.65. The van der Waals surface area contributed by atoms with E-state index in [1.54, 1.807) is 0 Å². The van der Waals surface area contributed by atoms with Gasteiger partial charge in [-0.3, -0.25) is 4.79 Å². The maximum absolute atomic E-state index is 13.4. The van der Waals surface area contributed by atoms with E-state index in [1.807, 2.05) is 37.3 Å². The summed E-state index contributed by atoms with van der Waals surface area (Å²) < 4.78 is 46.8. The molecule has 7 nitrogen and oxygen atoms in total. The van der Waals surface area contributed by atoms with Crippen molar-refractivity contribution in [2.75, 3.05) is 6.61 Å². The van der Waals surface area contributed by atoms with Gasteiger partial charge >= 0.3 is 0 Å². The van der Waals surface area contributed by atoms with E-state index >= 15 is 0 Å². The van der Waals surface area contributed by atoms with Crippen LogP contribution in [0.25, 0.3) is 0 Å². The highest BCUT2D eigenvalue weighted by atomic mass is 32.2. The number of carbonyl (C=O) groups is 1. The Morgan fingerprint density at radius 2 is 1.94 bits per heavy atom. The number of nitrogens with one attached hydrogen (secondary N) is 2. The second kappa shape index (κ2) is 10.3. The van der Waals surface area contributed by atoms with Gasteiger partial charge < -0.3 is 15.2 Å². The van der Waals surface area contributed by atoms with Crippen molar-refractivity contribution < 1.29 is 27.4 Å². The number of hydrogen-bond donors (Lipinski definition) is 3. The smallest absolute Gasteiger partial charge is 0.241 e. The van der Waals surface area contributed by atoms with Crippen molar-refractivity contribution >= 4 is 15.9 Å². The normalized spacial score (nSPS) is 22.6. The standard InChI is InChI=1S/C22H27FN2O5S/c1-15(16-6-3-2-4-7-16)24-22(27)13-18-10-11-20(21(14-26)30-18)25-31(28,29)19-9-5-8-17(23)12-19/h2-9,12,15,18,20-21,25-26H,10-11,13-14H2,1H3,(H,24,27)/t15-,18+,20+,21+/m0/s1. The molecule has 0 unspecified atom stereocenters. The Morgan fingerprint density at radius 3 is 2.61 bits per heavy atom. The van der Waals surface area contributed by atoms with Crippen LogP contribution in [0, 0.1) is 5.82 Å². The van der Waals surface area contributed by atoms with Crippen molar-refractivity contribution in [1.29, 1.82) is 0 Å². The molecule has 1 amide bonds. The Kier molecular flexibility index (Phi) is 7.77. The highest BCUT2D eigenvalue weighted by Crippen LogP contribution is 2.24. The van der Waals surface area contributed by atoms with E-state index in [0.29, 0.717) is 12.8 Å². The van der Waals surface area contributed by atoms with Crippen LogP contribution in [0.2, 0.25) is 0 Å². The third-order valence-electron chi connectivity index (χ3n) is 5.30.